The average Bonchev–Trinajstić information content (AvgIpc) is 3.13. The van der Waals surface area contributed by atoms with Gasteiger partial charge in [-0.15, -0.1) is 0 Å². The number of aliphatic hydroxyl groups excluding tert-OH is 5. The van der Waals surface area contributed by atoms with Gasteiger partial charge in [0.15, 0.2) is 6.29 Å². The Morgan fingerprint density at radius 1 is 0.686 bits per heavy atom. The van der Waals surface area contributed by atoms with E-state index in [1.165, 1.54) is 19.3 Å². The van der Waals surface area contributed by atoms with E-state index in [0.717, 1.165) is 51.4 Å². The molecule has 0 saturated carbocycles. The van der Waals surface area contributed by atoms with Gasteiger partial charge in [0.25, 0.3) is 0 Å². The van der Waals surface area contributed by atoms with Crippen LogP contribution in [-0.2, 0) is 14.3 Å². The number of unbranched alkanes of at least 4 members (excludes halogenated alkanes) is 5. The molecular formula is C42H67NO8. The second-order valence-electron chi connectivity index (χ2n) is 12.6. The fourth-order valence-electron chi connectivity index (χ4n) is 5.07. The molecule has 9 nitrogen and oxygen atoms in total. The van der Waals surface area contributed by atoms with Gasteiger partial charge < -0.3 is 40.3 Å². The lowest BCUT2D eigenvalue weighted by atomic mass is 9.99. The van der Waals surface area contributed by atoms with E-state index < -0.39 is 49.5 Å². The fourth-order valence-corrected chi connectivity index (χ4v) is 5.07. The lowest BCUT2D eigenvalue weighted by Crippen LogP contribution is -2.60. The summed E-state index contributed by atoms with van der Waals surface area (Å²) in [5.74, 6) is -0.325. The van der Waals surface area contributed by atoms with Gasteiger partial charge in [-0.2, -0.15) is 0 Å². The molecule has 1 saturated heterocycles. The SMILES string of the molecule is CC/C=C\C/C=C\C/C=C\C/C=C\C/C=C\CC(=O)NC(COC1OC(CO)C(O)C(O)C1O)C(O)/C=C/CC/C=C/CC/C=C/CCCCC. The lowest BCUT2D eigenvalue weighted by Gasteiger charge is -2.40. The molecule has 1 heterocycles. The van der Waals surface area contributed by atoms with Crippen LogP contribution in [-0.4, -0.2) is 87.5 Å². The van der Waals surface area contributed by atoms with Crippen LogP contribution < -0.4 is 5.32 Å². The summed E-state index contributed by atoms with van der Waals surface area (Å²) >= 11 is 0. The minimum atomic E-state index is -1.59. The van der Waals surface area contributed by atoms with E-state index in [4.69, 9.17) is 9.47 Å². The van der Waals surface area contributed by atoms with Gasteiger partial charge in [-0.05, 0) is 70.6 Å². The normalized spacial score (nSPS) is 23.2. The quantitative estimate of drug-likeness (QED) is 0.0393. The minimum absolute atomic E-state index is 0.0965. The molecule has 7 atom stereocenters. The number of allylic oxidation sites excluding steroid dienone is 14. The summed E-state index contributed by atoms with van der Waals surface area (Å²) in [6.45, 7) is 3.49. The van der Waals surface area contributed by atoms with Crippen LogP contribution in [0.25, 0.3) is 0 Å². The third-order valence-electron chi connectivity index (χ3n) is 8.15. The van der Waals surface area contributed by atoms with Gasteiger partial charge in [0.05, 0.1) is 25.4 Å². The van der Waals surface area contributed by atoms with Crippen molar-refractivity contribution in [3.63, 3.8) is 0 Å². The Bertz CT molecular complexity index is 1110. The Hall–Kier alpha value is -2.89. The van der Waals surface area contributed by atoms with Crippen LogP contribution in [0.15, 0.2) is 97.2 Å². The Balaban J connectivity index is 2.59. The van der Waals surface area contributed by atoms with Gasteiger partial charge in [-0.3, -0.25) is 4.79 Å². The van der Waals surface area contributed by atoms with E-state index >= 15 is 0 Å². The maximum absolute atomic E-state index is 12.8. The molecule has 51 heavy (non-hydrogen) atoms. The van der Waals surface area contributed by atoms with Crippen LogP contribution in [0.1, 0.15) is 104 Å². The first kappa shape index (κ1) is 46.1. The molecule has 0 aromatic rings. The van der Waals surface area contributed by atoms with Gasteiger partial charge >= 0.3 is 0 Å². The van der Waals surface area contributed by atoms with Gasteiger partial charge in [0.1, 0.15) is 24.4 Å². The van der Waals surface area contributed by atoms with Crippen molar-refractivity contribution in [2.24, 2.45) is 0 Å². The summed E-state index contributed by atoms with van der Waals surface area (Å²) in [7, 11) is 0. The molecule has 288 valence electrons. The molecule has 0 radical (unpaired) electrons. The monoisotopic (exact) mass is 713 g/mol. The van der Waals surface area contributed by atoms with Crippen molar-refractivity contribution in [1.82, 2.24) is 5.32 Å². The highest BCUT2D eigenvalue weighted by atomic mass is 16.7. The summed E-state index contributed by atoms with van der Waals surface area (Å²) in [5.41, 5.74) is 0. The maximum Gasteiger partial charge on any atom is 0.224 e. The molecule has 1 fully saturated rings. The van der Waals surface area contributed by atoms with Gasteiger partial charge in [-0.1, -0.05) is 124 Å². The summed E-state index contributed by atoms with van der Waals surface area (Å²) in [5, 5.41) is 53.7. The van der Waals surface area contributed by atoms with E-state index in [2.05, 4.69) is 86.0 Å². The maximum atomic E-state index is 12.8. The number of aliphatic hydroxyl groups is 5. The van der Waals surface area contributed by atoms with Crippen molar-refractivity contribution in [1.29, 1.82) is 0 Å². The Kier molecular flexibility index (Phi) is 28.8. The van der Waals surface area contributed by atoms with E-state index in [1.54, 1.807) is 12.2 Å². The molecule has 0 aromatic carbocycles. The molecule has 1 aliphatic heterocycles. The summed E-state index contributed by atoms with van der Waals surface area (Å²) in [6, 6.07) is -0.886. The standard InChI is InChI=1S/C42H67NO8/c1-3-5-7-9-11-13-15-17-18-20-22-24-26-28-30-32-38(46)43-35(34-50-42-41(49)40(48)39(47)37(33-44)51-42)36(45)31-29-27-25-23-21-19-16-14-12-10-8-6-4-2/h5,7,11-14,17-18,21-24,28-31,35-37,39-42,44-45,47-49H,3-4,6,8-10,15-16,19-20,25-27,32-34H2,1-2H3,(H,43,46)/b7-5-,13-11-,14-12+,18-17-,23-21+,24-22-,30-28-,31-29+. The van der Waals surface area contributed by atoms with E-state index in [9.17, 15) is 30.3 Å². The van der Waals surface area contributed by atoms with Gasteiger partial charge in [-0.25, -0.2) is 0 Å². The van der Waals surface area contributed by atoms with Crippen molar-refractivity contribution in [3.8, 4) is 0 Å². The first-order valence-electron chi connectivity index (χ1n) is 19.0. The molecule has 7 unspecified atom stereocenters. The topological polar surface area (TPSA) is 149 Å². The predicted octanol–water partition coefficient (Wildman–Crippen LogP) is 6.60. The van der Waals surface area contributed by atoms with Crippen LogP contribution >= 0.6 is 0 Å². The first-order valence-corrected chi connectivity index (χ1v) is 19.0. The zero-order valence-corrected chi connectivity index (χ0v) is 31.1. The summed E-state index contributed by atoms with van der Waals surface area (Å²) in [6.07, 6.45) is 37.6. The predicted molar refractivity (Wildman–Crippen MR) is 207 cm³/mol. The van der Waals surface area contributed by atoms with Crippen LogP contribution in [0.2, 0.25) is 0 Å². The Morgan fingerprint density at radius 2 is 1.22 bits per heavy atom. The van der Waals surface area contributed by atoms with Crippen molar-refractivity contribution in [2.45, 2.75) is 147 Å². The number of hydrogen-bond donors (Lipinski definition) is 6. The minimum Gasteiger partial charge on any atom is -0.394 e. The average molecular weight is 714 g/mol. The lowest BCUT2D eigenvalue weighted by molar-refractivity contribution is -0.302. The van der Waals surface area contributed by atoms with E-state index in [-0.39, 0.29) is 18.9 Å². The molecule has 0 aliphatic carbocycles. The largest absolute Gasteiger partial charge is 0.394 e. The first-order chi connectivity index (χ1) is 24.8. The van der Waals surface area contributed by atoms with E-state index in [0.29, 0.717) is 12.8 Å². The summed E-state index contributed by atoms with van der Waals surface area (Å²) in [4.78, 5) is 12.8. The number of carbonyl (C=O) groups excluding carboxylic acids is 1. The molecule has 9 heteroatoms. The zero-order valence-electron chi connectivity index (χ0n) is 31.1. The highest BCUT2D eigenvalue weighted by Gasteiger charge is 2.44. The molecular weight excluding hydrogens is 646 g/mol. The number of ether oxygens (including phenoxy) is 2. The molecule has 0 spiro atoms. The summed E-state index contributed by atoms with van der Waals surface area (Å²) < 4.78 is 11.1. The van der Waals surface area contributed by atoms with Gasteiger partial charge in [0, 0.05) is 6.42 Å². The van der Waals surface area contributed by atoms with Crippen LogP contribution in [0, 0.1) is 0 Å². The number of carbonyl (C=O) groups is 1. The van der Waals surface area contributed by atoms with E-state index in [1.807, 2.05) is 18.2 Å². The second kappa shape index (κ2) is 31.8. The van der Waals surface area contributed by atoms with Crippen molar-refractivity contribution < 1.29 is 39.8 Å². The smallest absolute Gasteiger partial charge is 0.224 e. The number of nitrogens with one attached hydrogen (secondary N) is 1. The van der Waals surface area contributed by atoms with Crippen molar-refractivity contribution in [2.75, 3.05) is 13.2 Å². The van der Waals surface area contributed by atoms with Crippen LogP contribution in [0.5, 0.6) is 0 Å². The van der Waals surface area contributed by atoms with Crippen molar-refractivity contribution >= 4 is 5.91 Å². The number of hydrogen-bond acceptors (Lipinski definition) is 8. The highest BCUT2D eigenvalue weighted by Crippen LogP contribution is 2.22. The third kappa shape index (κ3) is 23.3. The second-order valence-corrected chi connectivity index (χ2v) is 12.6. The van der Waals surface area contributed by atoms with Gasteiger partial charge in [0.2, 0.25) is 5.91 Å². The van der Waals surface area contributed by atoms with Crippen LogP contribution in [0.3, 0.4) is 0 Å². The van der Waals surface area contributed by atoms with Crippen molar-refractivity contribution in [3.05, 3.63) is 97.2 Å². The number of rotatable bonds is 28. The Labute approximate surface area is 307 Å². The molecule has 1 amide bonds. The Morgan fingerprint density at radius 3 is 1.76 bits per heavy atom. The molecule has 0 aromatic heterocycles. The molecule has 6 N–H and O–H groups in total. The number of amides is 1. The fraction of sp³-hybridized carbons (Fsp3) is 0.595. The third-order valence-corrected chi connectivity index (χ3v) is 8.15. The highest BCUT2D eigenvalue weighted by molar-refractivity contribution is 5.77. The molecule has 0 bridgehead atoms. The molecule has 1 aliphatic rings. The molecule has 1 rings (SSSR count). The zero-order chi connectivity index (χ0) is 37.4. The van der Waals surface area contributed by atoms with Crippen LogP contribution in [0.4, 0.5) is 0 Å².